The topological polar surface area (TPSA) is 128 Å². The number of amides is 1. The number of carbonyl (C=O) groups is 1. The lowest BCUT2D eigenvalue weighted by Gasteiger charge is -2.43. The number of nitrogens with two attached hydrogens (primary N) is 1. The SMILES string of the molecule is N=C(N)CNC1NC(N2CCOCC2)NC(=O)C1c1nc2ccccc2s1. The smallest absolute Gasteiger partial charge is 0.235 e. The van der Waals surface area contributed by atoms with Crippen LogP contribution < -0.4 is 21.7 Å². The van der Waals surface area contributed by atoms with Crippen LogP contribution in [0, 0.1) is 5.41 Å². The Morgan fingerprint density at radius 3 is 2.93 bits per heavy atom. The molecule has 3 heterocycles. The molecule has 0 bridgehead atoms. The minimum absolute atomic E-state index is 0.0220. The standard InChI is InChI=1S/C17H23N7O2S/c18-12(19)9-20-14-13(16-21-10-3-1-2-4-11(10)27-16)15(25)23-17(22-14)24-5-7-26-8-6-24/h1-4,13-14,17,20,22H,5-9H2,(H3,18,19)(H,23,25). The van der Waals surface area contributed by atoms with Gasteiger partial charge in [0.1, 0.15) is 23.1 Å². The largest absolute Gasteiger partial charge is 0.387 e. The van der Waals surface area contributed by atoms with Crippen molar-refractivity contribution in [1.82, 2.24) is 25.8 Å². The molecule has 3 atom stereocenters. The van der Waals surface area contributed by atoms with Crippen molar-refractivity contribution >= 4 is 33.3 Å². The fourth-order valence-electron chi connectivity index (χ4n) is 3.39. The Morgan fingerprint density at radius 1 is 1.41 bits per heavy atom. The van der Waals surface area contributed by atoms with E-state index in [1.807, 2.05) is 24.3 Å². The molecule has 0 saturated carbocycles. The van der Waals surface area contributed by atoms with Crippen molar-refractivity contribution in [1.29, 1.82) is 5.41 Å². The van der Waals surface area contributed by atoms with Crippen LogP contribution in [0.2, 0.25) is 0 Å². The van der Waals surface area contributed by atoms with Crippen LogP contribution >= 0.6 is 11.3 Å². The molecule has 2 aliphatic rings. The Morgan fingerprint density at radius 2 is 2.19 bits per heavy atom. The highest BCUT2D eigenvalue weighted by Gasteiger charge is 2.41. The molecule has 0 spiro atoms. The van der Waals surface area contributed by atoms with Gasteiger partial charge in [-0.15, -0.1) is 11.3 Å². The number of para-hydroxylation sites is 1. The summed E-state index contributed by atoms with van der Waals surface area (Å²) in [6.45, 7) is 2.95. The molecule has 6 N–H and O–H groups in total. The Bertz CT molecular complexity index is 803. The molecule has 27 heavy (non-hydrogen) atoms. The van der Waals surface area contributed by atoms with Crippen LogP contribution in [0.4, 0.5) is 0 Å². The summed E-state index contributed by atoms with van der Waals surface area (Å²) in [4.78, 5) is 19.8. The highest BCUT2D eigenvalue weighted by atomic mass is 32.1. The first-order valence-electron chi connectivity index (χ1n) is 8.92. The van der Waals surface area contributed by atoms with Crippen LogP contribution in [0.5, 0.6) is 0 Å². The number of rotatable bonds is 5. The zero-order chi connectivity index (χ0) is 18.8. The third-order valence-electron chi connectivity index (χ3n) is 4.73. The second kappa shape index (κ2) is 7.87. The number of hydrogen-bond donors (Lipinski definition) is 5. The summed E-state index contributed by atoms with van der Waals surface area (Å²) in [6, 6.07) is 7.84. The highest BCUT2D eigenvalue weighted by molar-refractivity contribution is 7.18. The van der Waals surface area contributed by atoms with E-state index in [4.69, 9.17) is 15.9 Å². The van der Waals surface area contributed by atoms with Crippen molar-refractivity contribution in [3.05, 3.63) is 29.3 Å². The van der Waals surface area contributed by atoms with E-state index in [1.165, 1.54) is 11.3 Å². The summed E-state index contributed by atoms with van der Waals surface area (Å²) < 4.78 is 6.44. The normalized spacial score (nSPS) is 26.8. The van der Waals surface area contributed by atoms with E-state index in [0.717, 1.165) is 28.3 Å². The van der Waals surface area contributed by atoms with Crippen LogP contribution in [0.25, 0.3) is 10.2 Å². The average molecular weight is 389 g/mol. The van der Waals surface area contributed by atoms with Gasteiger partial charge in [-0.05, 0) is 12.1 Å². The molecular weight excluding hydrogens is 366 g/mol. The van der Waals surface area contributed by atoms with Gasteiger partial charge in [0, 0.05) is 13.1 Å². The molecule has 0 aliphatic carbocycles. The summed E-state index contributed by atoms with van der Waals surface area (Å²) in [5.41, 5.74) is 6.40. The summed E-state index contributed by atoms with van der Waals surface area (Å²) in [5.74, 6) is -0.571. The first-order chi connectivity index (χ1) is 13.1. The van der Waals surface area contributed by atoms with Gasteiger partial charge < -0.3 is 15.8 Å². The van der Waals surface area contributed by atoms with Gasteiger partial charge in [-0.2, -0.15) is 0 Å². The summed E-state index contributed by atoms with van der Waals surface area (Å²) >= 11 is 1.51. The first kappa shape index (κ1) is 18.3. The van der Waals surface area contributed by atoms with Gasteiger partial charge in [0.15, 0.2) is 0 Å². The number of carbonyl (C=O) groups excluding carboxylic acids is 1. The Labute approximate surface area is 160 Å². The molecule has 2 fully saturated rings. The number of nitrogens with one attached hydrogen (secondary N) is 4. The second-order valence-corrected chi connectivity index (χ2v) is 7.67. The van der Waals surface area contributed by atoms with Gasteiger partial charge in [0.2, 0.25) is 5.91 Å². The molecule has 2 saturated heterocycles. The number of aromatic nitrogens is 1. The van der Waals surface area contributed by atoms with Crippen molar-refractivity contribution in [3.63, 3.8) is 0 Å². The molecule has 1 amide bonds. The fourth-order valence-corrected chi connectivity index (χ4v) is 4.49. The van der Waals surface area contributed by atoms with Crippen LogP contribution in [-0.2, 0) is 9.53 Å². The minimum atomic E-state index is -0.501. The average Bonchev–Trinajstić information content (AvgIpc) is 3.10. The Balaban J connectivity index is 1.59. The number of thiazole rings is 1. The van der Waals surface area contributed by atoms with E-state index in [1.54, 1.807) is 0 Å². The van der Waals surface area contributed by atoms with Gasteiger partial charge in [-0.1, -0.05) is 12.1 Å². The van der Waals surface area contributed by atoms with E-state index in [0.29, 0.717) is 13.2 Å². The molecule has 2 aliphatic heterocycles. The maximum Gasteiger partial charge on any atom is 0.235 e. The third kappa shape index (κ3) is 3.94. The molecule has 3 unspecified atom stereocenters. The molecule has 2 aromatic rings. The minimum Gasteiger partial charge on any atom is -0.387 e. The van der Waals surface area contributed by atoms with Crippen molar-refractivity contribution < 1.29 is 9.53 Å². The van der Waals surface area contributed by atoms with Crippen LogP contribution in [0.1, 0.15) is 10.9 Å². The Kier molecular flexibility index (Phi) is 5.32. The van der Waals surface area contributed by atoms with Gasteiger partial charge in [0.25, 0.3) is 0 Å². The van der Waals surface area contributed by atoms with E-state index in [2.05, 4.69) is 25.8 Å². The van der Waals surface area contributed by atoms with Gasteiger partial charge in [-0.3, -0.25) is 25.7 Å². The van der Waals surface area contributed by atoms with E-state index >= 15 is 0 Å². The first-order valence-corrected chi connectivity index (χ1v) is 9.73. The number of fused-ring (bicyclic) bond motifs is 1. The van der Waals surface area contributed by atoms with Gasteiger partial charge in [-0.25, -0.2) is 4.98 Å². The lowest BCUT2D eigenvalue weighted by atomic mass is 10.0. The number of nitrogens with zero attached hydrogens (tertiary/aromatic N) is 2. The van der Waals surface area contributed by atoms with Crippen molar-refractivity contribution in [2.24, 2.45) is 5.73 Å². The Hall–Kier alpha value is -2.11. The van der Waals surface area contributed by atoms with Gasteiger partial charge in [0.05, 0.1) is 36.1 Å². The molecule has 1 aromatic heterocycles. The molecule has 4 rings (SSSR count). The van der Waals surface area contributed by atoms with E-state index < -0.39 is 5.92 Å². The maximum absolute atomic E-state index is 13.0. The number of ether oxygens (including phenoxy) is 1. The number of morpholine rings is 1. The van der Waals surface area contributed by atoms with E-state index in [-0.39, 0.29) is 30.7 Å². The highest BCUT2D eigenvalue weighted by Crippen LogP contribution is 2.30. The zero-order valence-electron chi connectivity index (χ0n) is 14.8. The van der Waals surface area contributed by atoms with Crippen LogP contribution in [0.15, 0.2) is 24.3 Å². The third-order valence-corrected chi connectivity index (χ3v) is 5.85. The molecular formula is C17H23N7O2S. The van der Waals surface area contributed by atoms with Crippen molar-refractivity contribution in [2.45, 2.75) is 18.4 Å². The van der Waals surface area contributed by atoms with E-state index in [9.17, 15) is 4.79 Å². The maximum atomic E-state index is 13.0. The molecule has 10 heteroatoms. The molecule has 0 radical (unpaired) electrons. The fraction of sp³-hybridized carbons (Fsp3) is 0.471. The zero-order valence-corrected chi connectivity index (χ0v) is 15.6. The van der Waals surface area contributed by atoms with Crippen molar-refractivity contribution in [2.75, 3.05) is 32.8 Å². The van der Waals surface area contributed by atoms with Crippen LogP contribution in [-0.4, -0.2) is 66.9 Å². The number of hydrogen-bond acceptors (Lipinski definition) is 8. The monoisotopic (exact) mass is 389 g/mol. The number of amidine groups is 1. The lowest BCUT2D eigenvalue weighted by Crippen LogP contribution is -2.70. The summed E-state index contributed by atoms with van der Waals surface area (Å²) in [5, 5.41) is 18.0. The second-order valence-electron chi connectivity index (χ2n) is 6.61. The predicted molar refractivity (Wildman–Crippen MR) is 104 cm³/mol. The lowest BCUT2D eigenvalue weighted by molar-refractivity contribution is -0.130. The molecule has 144 valence electrons. The summed E-state index contributed by atoms with van der Waals surface area (Å²) in [6.07, 6.45) is -0.674. The quantitative estimate of drug-likeness (QED) is 0.347. The molecule has 9 nitrogen and oxygen atoms in total. The van der Waals surface area contributed by atoms with Crippen molar-refractivity contribution in [3.8, 4) is 0 Å². The summed E-state index contributed by atoms with van der Waals surface area (Å²) in [7, 11) is 0. The van der Waals surface area contributed by atoms with Gasteiger partial charge >= 0.3 is 0 Å². The molecule has 1 aromatic carbocycles. The predicted octanol–water partition coefficient (Wildman–Crippen LogP) is -0.433. The van der Waals surface area contributed by atoms with Crippen LogP contribution in [0.3, 0.4) is 0 Å². The number of benzene rings is 1.